The molecule has 0 aliphatic heterocycles. The third-order valence-electron chi connectivity index (χ3n) is 2.30. The fraction of sp³-hybridized carbons (Fsp3) is 0.455. The van der Waals surface area contributed by atoms with E-state index in [2.05, 4.69) is 23.1 Å². The Morgan fingerprint density at radius 2 is 2.20 bits per heavy atom. The number of aryl methyl sites for hydroxylation is 3. The largest absolute Gasteiger partial charge is 0.340 e. The SMILES string of the molecule is CCCn1nc(C)cc1-c1cn(C)cn1. The number of imidazole rings is 1. The summed E-state index contributed by atoms with van der Waals surface area (Å²) in [5.74, 6) is 0. The maximum Gasteiger partial charge on any atom is 0.106 e. The van der Waals surface area contributed by atoms with Gasteiger partial charge in [-0.3, -0.25) is 4.68 Å². The normalized spacial score (nSPS) is 10.9. The monoisotopic (exact) mass is 204 g/mol. The molecule has 0 atom stereocenters. The van der Waals surface area contributed by atoms with Crippen molar-refractivity contribution in [3.63, 3.8) is 0 Å². The van der Waals surface area contributed by atoms with Crippen LogP contribution >= 0.6 is 0 Å². The number of hydrogen-bond acceptors (Lipinski definition) is 2. The maximum absolute atomic E-state index is 4.45. The zero-order chi connectivity index (χ0) is 10.8. The first kappa shape index (κ1) is 9.96. The molecule has 0 spiro atoms. The Morgan fingerprint density at radius 3 is 2.80 bits per heavy atom. The lowest BCUT2D eigenvalue weighted by Crippen LogP contribution is -2.01. The number of aromatic nitrogens is 4. The number of nitrogens with zero attached hydrogens (tertiary/aromatic N) is 4. The van der Waals surface area contributed by atoms with Crippen LogP contribution in [0.5, 0.6) is 0 Å². The van der Waals surface area contributed by atoms with Gasteiger partial charge in [0.2, 0.25) is 0 Å². The molecular formula is C11H16N4. The second kappa shape index (κ2) is 3.88. The van der Waals surface area contributed by atoms with E-state index in [0.717, 1.165) is 30.0 Å². The Kier molecular flexibility index (Phi) is 2.58. The van der Waals surface area contributed by atoms with Crippen molar-refractivity contribution >= 4 is 0 Å². The Balaban J connectivity index is 2.42. The third kappa shape index (κ3) is 1.93. The molecule has 0 saturated carbocycles. The highest BCUT2D eigenvalue weighted by Crippen LogP contribution is 2.18. The summed E-state index contributed by atoms with van der Waals surface area (Å²) in [4.78, 5) is 4.34. The molecule has 80 valence electrons. The molecular weight excluding hydrogens is 188 g/mol. The van der Waals surface area contributed by atoms with Gasteiger partial charge in [0.05, 0.1) is 17.7 Å². The fourth-order valence-electron chi connectivity index (χ4n) is 1.68. The van der Waals surface area contributed by atoms with Crippen molar-refractivity contribution in [1.82, 2.24) is 19.3 Å². The van der Waals surface area contributed by atoms with Crippen LogP contribution < -0.4 is 0 Å². The zero-order valence-corrected chi connectivity index (χ0v) is 9.44. The van der Waals surface area contributed by atoms with E-state index in [1.807, 2.05) is 35.7 Å². The first-order valence-electron chi connectivity index (χ1n) is 5.23. The summed E-state index contributed by atoms with van der Waals surface area (Å²) >= 11 is 0. The molecule has 0 aliphatic carbocycles. The van der Waals surface area contributed by atoms with Gasteiger partial charge in [0.1, 0.15) is 5.69 Å². The second-order valence-corrected chi connectivity index (χ2v) is 3.82. The summed E-state index contributed by atoms with van der Waals surface area (Å²) in [5.41, 5.74) is 3.14. The average molecular weight is 204 g/mol. The van der Waals surface area contributed by atoms with Crippen LogP contribution in [0.2, 0.25) is 0 Å². The van der Waals surface area contributed by atoms with E-state index in [-0.39, 0.29) is 0 Å². The molecule has 0 N–H and O–H groups in total. The molecule has 4 nitrogen and oxygen atoms in total. The van der Waals surface area contributed by atoms with Crippen LogP contribution in [0.1, 0.15) is 19.0 Å². The van der Waals surface area contributed by atoms with E-state index in [1.165, 1.54) is 0 Å². The van der Waals surface area contributed by atoms with Crippen molar-refractivity contribution in [1.29, 1.82) is 0 Å². The third-order valence-corrected chi connectivity index (χ3v) is 2.30. The minimum Gasteiger partial charge on any atom is -0.340 e. The van der Waals surface area contributed by atoms with Crippen LogP contribution in [-0.2, 0) is 13.6 Å². The van der Waals surface area contributed by atoms with E-state index in [4.69, 9.17) is 0 Å². The molecule has 2 aromatic heterocycles. The summed E-state index contributed by atoms with van der Waals surface area (Å²) in [6.45, 7) is 5.11. The molecule has 4 heteroatoms. The Bertz CT molecular complexity index is 453. The summed E-state index contributed by atoms with van der Waals surface area (Å²) in [7, 11) is 1.98. The van der Waals surface area contributed by atoms with Gasteiger partial charge in [-0.1, -0.05) is 6.92 Å². The standard InChI is InChI=1S/C11H16N4/c1-4-5-15-11(6-9(2)13-15)10-7-14(3)8-12-10/h6-8H,4-5H2,1-3H3. The molecule has 0 unspecified atom stereocenters. The average Bonchev–Trinajstić information content (AvgIpc) is 2.73. The first-order valence-corrected chi connectivity index (χ1v) is 5.23. The van der Waals surface area contributed by atoms with Crippen molar-refractivity contribution in [2.24, 2.45) is 7.05 Å². The molecule has 0 aromatic carbocycles. The molecule has 0 bridgehead atoms. The summed E-state index contributed by atoms with van der Waals surface area (Å²) in [6.07, 6.45) is 4.91. The predicted molar refractivity (Wildman–Crippen MR) is 59.5 cm³/mol. The lowest BCUT2D eigenvalue weighted by atomic mass is 10.3. The Labute approximate surface area is 89.6 Å². The van der Waals surface area contributed by atoms with Crippen LogP contribution in [0.15, 0.2) is 18.6 Å². The Hall–Kier alpha value is -1.58. The van der Waals surface area contributed by atoms with E-state index >= 15 is 0 Å². The van der Waals surface area contributed by atoms with E-state index in [1.54, 1.807) is 0 Å². The summed E-state index contributed by atoms with van der Waals surface area (Å²) in [6, 6.07) is 2.08. The lowest BCUT2D eigenvalue weighted by molar-refractivity contribution is 0.603. The number of hydrogen-bond donors (Lipinski definition) is 0. The lowest BCUT2D eigenvalue weighted by Gasteiger charge is -2.02. The molecule has 2 rings (SSSR count). The molecule has 2 aromatic rings. The van der Waals surface area contributed by atoms with E-state index < -0.39 is 0 Å². The van der Waals surface area contributed by atoms with E-state index in [0.29, 0.717) is 0 Å². The van der Waals surface area contributed by atoms with Crippen LogP contribution in [0, 0.1) is 6.92 Å². The highest BCUT2D eigenvalue weighted by atomic mass is 15.3. The molecule has 0 radical (unpaired) electrons. The van der Waals surface area contributed by atoms with Gasteiger partial charge in [-0.2, -0.15) is 5.10 Å². The van der Waals surface area contributed by atoms with Crippen LogP contribution in [0.3, 0.4) is 0 Å². The topological polar surface area (TPSA) is 35.6 Å². The fourth-order valence-corrected chi connectivity index (χ4v) is 1.68. The maximum atomic E-state index is 4.45. The molecule has 15 heavy (non-hydrogen) atoms. The van der Waals surface area contributed by atoms with Gasteiger partial charge in [0.15, 0.2) is 0 Å². The highest BCUT2D eigenvalue weighted by Gasteiger charge is 2.09. The molecule has 0 fully saturated rings. The van der Waals surface area contributed by atoms with Crippen LogP contribution in [0.4, 0.5) is 0 Å². The van der Waals surface area contributed by atoms with Crippen molar-refractivity contribution < 1.29 is 0 Å². The minimum absolute atomic E-state index is 0.944. The molecule has 2 heterocycles. The first-order chi connectivity index (χ1) is 7.20. The smallest absolute Gasteiger partial charge is 0.106 e. The second-order valence-electron chi connectivity index (χ2n) is 3.82. The van der Waals surface area contributed by atoms with Crippen molar-refractivity contribution in [3.05, 3.63) is 24.3 Å². The minimum atomic E-state index is 0.944. The Morgan fingerprint density at radius 1 is 1.40 bits per heavy atom. The zero-order valence-electron chi connectivity index (χ0n) is 9.44. The molecule has 0 saturated heterocycles. The molecule has 0 aliphatic rings. The summed E-state index contributed by atoms with van der Waals surface area (Å²) in [5, 5.41) is 4.45. The summed E-state index contributed by atoms with van der Waals surface area (Å²) < 4.78 is 3.98. The quantitative estimate of drug-likeness (QED) is 0.766. The van der Waals surface area contributed by atoms with Crippen LogP contribution in [0.25, 0.3) is 11.4 Å². The van der Waals surface area contributed by atoms with Gasteiger partial charge < -0.3 is 4.57 Å². The molecule has 0 amide bonds. The van der Waals surface area contributed by atoms with Gasteiger partial charge in [0.25, 0.3) is 0 Å². The highest BCUT2D eigenvalue weighted by molar-refractivity contribution is 5.53. The van der Waals surface area contributed by atoms with Gasteiger partial charge in [-0.15, -0.1) is 0 Å². The van der Waals surface area contributed by atoms with Gasteiger partial charge in [-0.05, 0) is 19.4 Å². The van der Waals surface area contributed by atoms with Crippen LogP contribution in [-0.4, -0.2) is 19.3 Å². The van der Waals surface area contributed by atoms with Gasteiger partial charge >= 0.3 is 0 Å². The van der Waals surface area contributed by atoms with Gasteiger partial charge in [-0.25, -0.2) is 4.98 Å². The van der Waals surface area contributed by atoms with Gasteiger partial charge in [0, 0.05) is 19.8 Å². The van der Waals surface area contributed by atoms with Crippen molar-refractivity contribution in [3.8, 4) is 11.4 Å². The predicted octanol–water partition coefficient (Wildman–Crippen LogP) is 2.00. The van der Waals surface area contributed by atoms with E-state index in [9.17, 15) is 0 Å². The van der Waals surface area contributed by atoms with Crippen molar-refractivity contribution in [2.45, 2.75) is 26.8 Å². The van der Waals surface area contributed by atoms with Crippen molar-refractivity contribution in [2.75, 3.05) is 0 Å². The number of rotatable bonds is 3.